The quantitative estimate of drug-likeness (QED) is 0.819. The highest BCUT2D eigenvalue weighted by Crippen LogP contribution is 2.40. The van der Waals surface area contributed by atoms with Crippen LogP contribution in [0.3, 0.4) is 0 Å². The third kappa shape index (κ3) is 2.79. The molecule has 0 spiro atoms. The Bertz CT molecular complexity index is 746. The number of carbonyl (C=O) groups excluding carboxylic acids is 1. The number of carbonyl (C=O) groups is 1. The maximum Gasteiger partial charge on any atom is 0.247 e. The zero-order valence-corrected chi connectivity index (χ0v) is 13.2. The van der Waals surface area contributed by atoms with Gasteiger partial charge in [-0.25, -0.2) is 0 Å². The summed E-state index contributed by atoms with van der Waals surface area (Å²) in [5.74, 6) is 2.63. The van der Waals surface area contributed by atoms with Crippen LogP contribution in [-0.4, -0.2) is 32.1 Å². The van der Waals surface area contributed by atoms with Gasteiger partial charge >= 0.3 is 0 Å². The van der Waals surface area contributed by atoms with Gasteiger partial charge in [0, 0.05) is 18.5 Å². The molecule has 1 aromatic carbocycles. The predicted molar refractivity (Wildman–Crippen MR) is 87.6 cm³/mol. The van der Waals surface area contributed by atoms with Gasteiger partial charge in [0.2, 0.25) is 5.91 Å². The van der Waals surface area contributed by atoms with Crippen LogP contribution < -0.4 is 0 Å². The van der Waals surface area contributed by atoms with Crippen molar-refractivity contribution in [3.8, 4) is 0 Å². The summed E-state index contributed by atoms with van der Waals surface area (Å²) in [5.41, 5.74) is 1.03. The molecule has 1 saturated carbocycles. The Labute approximate surface area is 135 Å². The Morgan fingerprint density at radius 3 is 2.74 bits per heavy atom. The SMILES string of the molecule is C[C@H]1CN(C(=O)/C=C/c2ccccc2)Cc2nnc(C3CC3)n21. The van der Waals surface area contributed by atoms with Gasteiger partial charge in [-0.1, -0.05) is 30.3 Å². The van der Waals surface area contributed by atoms with E-state index in [1.165, 1.54) is 12.8 Å². The highest BCUT2D eigenvalue weighted by molar-refractivity contribution is 5.91. The molecular formula is C18H20N4O. The molecule has 1 fully saturated rings. The Hall–Kier alpha value is -2.43. The van der Waals surface area contributed by atoms with Crippen molar-refractivity contribution < 1.29 is 4.79 Å². The topological polar surface area (TPSA) is 51.0 Å². The maximum atomic E-state index is 12.5. The van der Waals surface area contributed by atoms with E-state index >= 15 is 0 Å². The molecule has 1 atom stereocenters. The molecule has 118 valence electrons. The van der Waals surface area contributed by atoms with Crippen LogP contribution in [0.25, 0.3) is 6.08 Å². The number of hydrogen-bond acceptors (Lipinski definition) is 3. The molecule has 0 saturated heterocycles. The van der Waals surface area contributed by atoms with Crippen LogP contribution in [0.1, 0.15) is 48.9 Å². The van der Waals surface area contributed by atoms with Gasteiger partial charge in [-0.05, 0) is 31.4 Å². The zero-order chi connectivity index (χ0) is 15.8. The lowest BCUT2D eigenvalue weighted by Gasteiger charge is -2.32. The summed E-state index contributed by atoms with van der Waals surface area (Å²) in [5, 5.41) is 8.67. The first-order valence-electron chi connectivity index (χ1n) is 8.18. The normalized spacial score (nSPS) is 20.7. The number of aromatic nitrogens is 3. The van der Waals surface area contributed by atoms with E-state index in [0.29, 0.717) is 19.0 Å². The number of benzene rings is 1. The second-order valence-corrected chi connectivity index (χ2v) is 6.43. The first kappa shape index (κ1) is 14.2. The van der Waals surface area contributed by atoms with E-state index in [-0.39, 0.29) is 11.9 Å². The second kappa shape index (κ2) is 5.65. The Morgan fingerprint density at radius 2 is 2.00 bits per heavy atom. The van der Waals surface area contributed by atoms with E-state index in [0.717, 1.165) is 17.2 Å². The summed E-state index contributed by atoms with van der Waals surface area (Å²) in [7, 11) is 0. The average molecular weight is 308 g/mol. The van der Waals surface area contributed by atoms with Crippen LogP contribution in [0, 0.1) is 0 Å². The monoisotopic (exact) mass is 308 g/mol. The summed E-state index contributed by atoms with van der Waals surface area (Å²) >= 11 is 0. The largest absolute Gasteiger partial charge is 0.330 e. The predicted octanol–water partition coefficient (Wildman–Crippen LogP) is 2.77. The van der Waals surface area contributed by atoms with Gasteiger partial charge < -0.3 is 9.47 Å². The first-order valence-corrected chi connectivity index (χ1v) is 8.18. The molecule has 1 aromatic heterocycles. The van der Waals surface area contributed by atoms with E-state index < -0.39 is 0 Å². The van der Waals surface area contributed by atoms with E-state index in [9.17, 15) is 4.79 Å². The van der Waals surface area contributed by atoms with Crippen molar-refractivity contribution in [1.29, 1.82) is 0 Å². The second-order valence-electron chi connectivity index (χ2n) is 6.43. The van der Waals surface area contributed by atoms with E-state index in [2.05, 4.69) is 21.7 Å². The summed E-state index contributed by atoms with van der Waals surface area (Å²) in [6, 6.07) is 10.1. The van der Waals surface area contributed by atoms with Gasteiger partial charge in [0.25, 0.3) is 0 Å². The molecule has 5 nitrogen and oxygen atoms in total. The number of nitrogens with zero attached hydrogens (tertiary/aromatic N) is 4. The molecule has 23 heavy (non-hydrogen) atoms. The van der Waals surface area contributed by atoms with Gasteiger partial charge in [0.05, 0.1) is 12.6 Å². The van der Waals surface area contributed by atoms with Gasteiger partial charge in [-0.15, -0.1) is 10.2 Å². The third-order valence-electron chi connectivity index (χ3n) is 4.52. The summed E-state index contributed by atoms with van der Waals surface area (Å²) in [6.07, 6.45) is 5.94. The molecule has 2 aromatic rings. The van der Waals surface area contributed by atoms with Crippen LogP contribution >= 0.6 is 0 Å². The van der Waals surface area contributed by atoms with Crippen LogP contribution in [0.15, 0.2) is 36.4 Å². The highest BCUT2D eigenvalue weighted by Gasteiger charge is 2.35. The molecule has 0 radical (unpaired) electrons. The van der Waals surface area contributed by atoms with Crippen LogP contribution in [0.2, 0.25) is 0 Å². The van der Waals surface area contributed by atoms with Crippen LogP contribution in [0.4, 0.5) is 0 Å². The molecule has 2 aliphatic rings. The minimum Gasteiger partial charge on any atom is -0.330 e. The van der Waals surface area contributed by atoms with Crippen LogP contribution in [-0.2, 0) is 11.3 Å². The van der Waals surface area contributed by atoms with Crippen molar-refractivity contribution >= 4 is 12.0 Å². The van der Waals surface area contributed by atoms with Gasteiger partial charge in [-0.3, -0.25) is 4.79 Å². The maximum absolute atomic E-state index is 12.5. The molecule has 1 aliphatic carbocycles. The highest BCUT2D eigenvalue weighted by atomic mass is 16.2. The Morgan fingerprint density at radius 1 is 1.22 bits per heavy atom. The number of fused-ring (bicyclic) bond motifs is 1. The fourth-order valence-electron chi connectivity index (χ4n) is 3.19. The smallest absolute Gasteiger partial charge is 0.247 e. The van der Waals surface area contributed by atoms with Crippen molar-refractivity contribution in [1.82, 2.24) is 19.7 Å². The number of amides is 1. The molecule has 1 aliphatic heterocycles. The van der Waals surface area contributed by atoms with Crippen molar-refractivity contribution in [2.75, 3.05) is 6.54 Å². The lowest BCUT2D eigenvalue weighted by Crippen LogP contribution is -2.40. The number of rotatable bonds is 3. The molecule has 0 unspecified atom stereocenters. The third-order valence-corrected chi connectivity index (χ3v) is 4.52. The van der Waals surface area contributed by atoms with E-state index in [4.69, 9.17) is 0 Å². The summed E-state index contributed by atoms with van der Waals surface area (Å²) < 4.78 is 2.24. The van der Waals surface area contributed by atoms with Crippen molar-refractivity contribution in [3.05, 3.63) is 53.6 Å². The summed E-state index contributed by atoms with van der Waals surface area (Å²) in [6.45, 7) is 3.39. The van der Waals surface area contributed by atoms with E-state index in [1.807, 2.05) is 41.3 Å². The molecule has 0 bridgehead atoms. The lowest BCUT2D eigenvalue weighted by molar-refractivity contribution is -0.127. The minimum atomic E-state index is 0.0305. The molecule has 5 heteroatoms. The zero-order valence-electron chi connectivity index (χ0n) is 13.2. The fraction of sp³-hybridized carbons (Fsp3) is 0.389. The fourth-order valence-corrected chi connectivity index (χ4v) is 3.19. The Balaban J connectivity index is 1.50. The molecule has 0 N–H and O–H groups in total. The van der Waals surface area contributed by atoms with Gasteiger partial charge in [-0.2, -0.15) is 0 Å². The molecule has 1 amide bonds. The minimum absolute atomic E-state index is 0.0305. The summed E-state index contributed by atoms with van der Waals surface area (Å²) in [4.78, 5) is 14.3. The van der Waals surface area contributed by atoms with Gasteiger partial charge in [0.1, 0.15) is 5.82 Å². The van der Waals surface area contributed by atoms with Crippen molar-refractivity contribution in [2.24, 2.45) is 0 Å². The Kier molecular flexibility index (Phi) is 3.48. The van der Waals surface area contributed by atoms with Crippen molar-refractivity contribution in [3.63, 3.8) is 0 Å². The molecule has 2 heterocycles. The van der Waals surface area contributed by atoms with E-state index in [1.54, 1.807) is 6.08 Å². The molecular weight excluding hydrogens is 288 g/mol. The molecule has 4 rings (SSSR count). The first-order chi connectivity index (χ1) is 11.2. The van der Waals surface area contributed by atoms with Crippen LogP contribution in [0.5, 0.6) is 0 Å². The lowest BCUT2D eigenvalue weighted by atomic mass is 10.2. The van der Waals surface area contributed by atoms with Gasteiger partial charge in [0.15, 0.2) is 5.82 Å². The number of hydrogen-bond donors (Lipinski definition) is 0. The standard InChI is InChI=1S/C18H20N4O/c1-13-11-21(17(23)10-7-14-5-3-2-4-6-14)12-16-19-20-18(22(13)16)15-8-9-15/h2-7,10,13,15H,8-9,11-12H2,1H3/b10-7+/t13-/m0/s1. The average Bonchev–Trinajstić information content (AvgIpc) is 3.33. The van der Waals surface area contributed by atoms with Crippen molar-refractivity contribution in [2.45, 2.75) is 38.3 Å².